The van der Waals surface area contributed by atoms with Gasteiger partial charge in [0.05, 0.1) is 12.8 Å². The lowest BCUT2D eigenvalue weighted by molar-refractivity contribution is -0.118. The number of methoxy groups -OCH3 is 1. The fraction of sp³-hybridized carbons (Fsp3) is 0.435. The Kier molecular flexibility index (Phi) is 5.72. The van der Waals surface area contributed by atoms with Crippen LogP contribution in [0.1, 0.15) is 49.3 Å². The number of ether oxygens (including phenoxy) is 1. The third kappa shape index (κ3) is 4.16. The predicted molar refractivity (Wildman–Crippen MR) is 112 cm³/mol. The molecular formula is C23H27NO2S. The maximum Gasteiger partial charge on any atom is 0.228 e. The van der Waals surface area contributed by atoms with Crippen molar-refractivity contribution in [3.63, 3.8) is 0 Å². The molecule has 0 spiro atoms. The van der Waals surface area contributed by atoms with E-state index < -0.39 is 0 Å². The zero-order chi connectivity index (χ0) is 18.6. The molecular weight excluding hydrogens is 354 g/mol. The second kappa shape index (κ2) is 8.39. The van der Waals surface area contributed by atoms with Gasteiger partial charge in [0.2, 0.25) is 5.91 Å². The molecule has 1 fully saturated rings. The first kappa shape index (κ1) is 18.4. The highest BCUT2D eigenvalue weighted by atomic mass is 32.2. The molecule has 0 radical (unpaired) electrons. The van der Waals surface area contributed by atoms with Gasteiger partial charge in [0.25, 0.3) is 0 Å². The SMILES string of the molecule is COc1ccc(C2CC(=O)N(CC3CCCCC3)c3ccccc3S2)cc1. The molecule has 1 atom stereocenters. The summed E-state index contributed by atoms with van der Waals surface area (Å²) in [6.07, 6.45) is 6.99. The number of benzene rings is 2. The van der Waals surface area contributed by atoms with Crippen molar-refractivity contribution in [3.05, 3.63) is 54.1 Å². The van der Waals surface area contributed by atoms with E-state index >= 15 is 0 Å². The van der Waals surface area contributed by atoms with Crippen LogP contribution in [0.4, 0.5) is 5.69 Å². The summed E-state index contributed by atoms with van der Waals surface area (Å²) in [5.41, 5.74) is 2.28. The number of rotatable bonds is 4. The number of amides is 1. The van der Waals surface area contributed by atoms with Gasteiger partial charge in [0.1, 0.15) is 5.75 Å². The molecule has 1 heterocycles. The predicted octanol–water partition coefficient (Wildman–Crippen LogP) is 5.85. The summed E-state index contributed by atoms with van der Waals surface area (Å²) in [5.74, 6) is 1.74. The van der Waals surface area contributed by atoms with Crippen molar-refractivity contribution in [2.24, 2.45) is 5.92 Å². The quantitative estimate of drug-likeness (QED) is 0.666. The van der Waals surface area contributed by atoms with Gasteiger partial charge >= 0.3 is 0 Å². The summed E-state index contributed by atoms with van der Waals surface area (Å²) in [6, 6.07) is 16.5. The molecule has 0 bridgehead atoms. The summed E-state index contributed by atoms with van der Waals surface area (Å²) in [7, 11) is 1.68. The van der Waals surface area contributed by atoms with Crippen molar-refractivity contribution in [3.8, 4) is 5.75 Å². The largest absolute Gasteiger partial charge is 0.497 e. The Hall–Kier alpha value is -1.94. The van der Waals surface area contributed by atoms with E-state index in [1.165, 1.54) is 42.6 Å². The molecule has 1 aliphatic carbocycles. The van der Waals surface area contributed by atoms with E-state index in [-0.39, 0.29) is 11.2 Å². The minimum Gasteiger partial charge on any atom is -0.497 e. The van der Waals surface area contributed by atoms with Crippen molar-refractivity contribution < 1.29 is 9.53 Å². The van der Waals surface area contributed by atoms with Gasteiger partial charge in [0.15, 0.2) is 0 Å². The molecule has 2 aromatic rings. The number of para-hydroxylation sites is 1. The maximum atomic E-state index is 13.2. The van der Waals surface area contributed by atoms with Crippen LogP contribution in [0.15, 0.2) is 53.4 Å². The number of hydrogen-bond donors (Lipinski definition) is 0. The number of fused-ring (bicyclic) bond motifs is 1. The minimum absolute atomic E-state index is 0.140. The molecule has 0 aromatic heterocycles. The Morgan fingerprint density at radius 3 is 2.52 bits per heavy atom. The molecule has 4 heteroatoms. The molecule has 1 amide bonds. The normalized spacial score (nSPS) is 20.9. The van der Waals surface area contributed by atoms with Crippen LogP contribution in [0.25, 0.3) is 0 Å². The fourth-order valence-corrected chi connectivity index (χ4v) is 5.49. The zero-order valence-electron chi connectivity index (χ0n) is 15.9. The molecule has 1 aliphatic heterocycles. The van der Waals surface area contributed by atoms with Crippen LogP contribution in [0.3, 0.4) is 0 Å². The Morgan fingerprint density at radius 2 is 1.78 bits per heavy atom. The van der Waals surface area contributed by atoms with Crippen LogP contribution in [-0.4, -0.2) is 19.6 Å². The summed E-state index contributed by atoms with van der Waals surface area (Å²) >= 11 is 1.81. The highest BCUT2D eigenvalue weighted by molar-refractivity contribution is 7.99. The molecule has 27 heavy (non-hydrogen) atoms. The Bertz CT molecular complexity index is 783. The summed E-state index contributed by atoms with van der Waals surface area (Å²) in [5, 5.41) is 0.140. The van der Waals surface area contributed by atoms with Crippen molar-refractivity contribution in [1.29, 1.82) is 0 Å². The lowest BCUT2D eigenvalue weighted by atomic mass is 9.88. The first-order chi connectivity index (χ1) is 13.2. The number of carbonyl (C=O) groups excluding carboxylic acids is 1. The molecule has 3 nitrogen and oxygen atoms in total. The van der Waals surface area contributed by atoms with E-state index in [4.69, 9.17) is 4.74 Å². The van der Waals surface area contributed by atoms with Crippen LogP contribution < -0.4 is 9.64 Å². The summed E-state index contributed by atoms with van der Waals surface area (Å²) < 4.78 is 5.28. The third-order valence-electron chi connectivity index (χ3n) is 5.74. The van der Waals surface area contributed by atoms with E-state index in [0.29, 0.717) is 12.3 Å². The number of anilines is 1. The highest BCUT2D eigenvalue weighted by Crippen LogP contribution is 2.46. The van der Waals surface area contributed by atoms with Crippen LogP contribution in [0.5, 0.6) is 5.75 Å². The molecule has 2 aromatic carbocycles. The Labute approximate surface area is 166 Å². The van der Waals surface area contributed by atoms with Gasteiger partial charge in [-0.1, -0.05) is 43.5 Å². The van der Waals surface area contributed by atoms with E-state index in [1.54, 1.807) is 7.11 Å². The average Bonchev–Trinajstić information content (AvgIpc) is 2.86. The van der Waals surface area contributed by atoms with Crippen LogP contribution in [0.2, 0.25) is 0 Å². The van der Waals surface area contributed by atoms with Crippen LogP contribution >= 0.6 is 11.8 Å². The molecule has 1 saturated carbocycles. The molecule has 2 aliphatic rings. The number of nitrogens with zero attached hydrogens (tertiary/aromatic N) is 1. The topological polar surface area (TPSA) is 29.5 Å². The van der Waals surface area contributed by atoms with Crippen molar-refractivity contribution >= 4 is 23.4 Å². The zero-order valence-corrected chi connectivity index (χ0v) is 16.7. The van der Waals surface area contributed by atoms with Gasteiger partial charge in [-0.2, -0.15) is 0 Å². The van der Waals surface area contributed by atoms with Crippen LogP contribution in [-0.2, 0) is 4.79 Å². The summed E-state index contributed by atoms with van der Waals surface area (Å²) in [6.45, 7) is 0.867. The van der Waals surface area contributed by atoms with E-state index in [2.05, 4.69) is 35.2 Å². The fourth-order valence-electron chi connectivity index (χ4n) is 4.21. The van der Waals surface area contributed by atoms with Crippen molar-refractivity contribution in [2.75, 3.05) is 18.6 Å². The molecule has 4 rings (SSSR count). The standard InChI is InChI=1S/C23H27NO2S/c1-26-19-13-11-18(12-14-19)22-15-23(25)24(16-17-7-3-2-4-8-17)20-9-5-6-10-21(20)27-22/h5-6,9-14,17,22H,2-4,7-8,15-16H2,1H3. The monoisotopic (exact) mass is 381 g/mol. The van der Waals surface area contributed by atoms with Crippen molar-refractivity contribution in [1.82, 2.24) is 0 Å². The van der Waals surface area contributed by atoms with Gasteiger partial charge in [-0.15, -0.1) is 11.8 Å². The second-order valence-corrected chi connectivity index (χ2v) is 8.80. The molecule has 1 unspecified atom stereocenters. The molecule has 0 saturated heterocycles. The average molecular weight is 382 g/mol. The highest BCUT2D eigenvalue weighted by Gasteiger charge is 2.30. The third-order valence-corrected chi connectivity index (χ3v) is 7.06. The Balaban J connectivity index is 1.61. The number of hydrogen-bond acceptors (Lipinski definition) is 3. The van der Waals surface area contributed by atoms with Crippen molar-refractivity contribution in [2.45, 2.75) is 48.7 Å². The van der Waals surface area contributed by atoms with E-state index in [0.717, 1.165) is 18.0 Å². The lowest BCUT2D eigenvalue weighted by Gasteiger charge is -2.30. The lowest BCUT2D eigenvalue weighted by Crippen LogP contribution is -2.36. The maximum absolute atomic E-state index is 13.2. The van der Waals surface area contributed by atoms with E-state index in [9.17, 15) is 4.79 Å². The molecule has 0 N–H and O–H groups in total. The Morgan fingerprint density at radius 1 is 1.04 bits per heavy atom. The van der Waals surface area contributed by atoms with Gasteiger partial charge in [-0.05, 0) is 48.6 Å². The van der Waals surface area contributed by atoms with Crippen LogP contribution in [0, 0.1) is 5.92 Å². The molecule has 142 valence electrons. The smallest absolute Gasteiger partial charge is 0.228 e. The first-order valence-electron chi connectivity index (χ1n) is 9.94. The summed E-state index contributed by atoms with van der Waals surface area (Å²) in [4.78, 5) is 16.5. The van der Waals surface area contributed by atoms with Gasteiger partial charge in [-0.3, -0.25) is 4.79 Å². The van der Waals surface area contributed by atoms with E-state index in [1.807, 2.05) is 30.0 Å². The van der Waals surface area contributed by atoms with Gasteiger partial charge in [-0.25, -0.2) is 0 Å². The van der Waals surface area contributed by atoms with Gasteiger partial charge < -0.3 is 9.64 Å². The van der Waals surface area contributed by atoms with Gasteiger partial charge in [0, 0.05) is 23.1 Å². The number of carbonyl (C=O) groups is 1. The minimum atomic E-state index is 0.140. The number of thioether (sulfide) groups is 1. The first-order valence-corrected chi connectivity index (χ1v) is 10.8. The second-order valence-electron chi connectivity index (χ2n) is 7.56.